The van der Waals surface area contributed by atoms with Crippen molar-refractivity contribution in [2.24, 2.45) is 0 Å². The minimum atomic E-state index is -0.207. The molecule has 2 amide bonds. The van der Waals surface area contributed by atoms with E-state index in [0.717, 1.165) is 17.3 Å². The van der Waals surface area contributed by atoms with Gasteiger partial charge in [-0.1, -0.05) is 28.1 Å². The van der Waals surface area contributed by atoms with Gasteiger partial charge in [0.2, 0.25) is 0 Å². The summed E-state index contributed by atoms with van der Waals surface area (Å²) >= 11 is 3.34. The molecule has 112 valence electrons. The fraction of sp³-hybridized carbons (Fsp3) is 0.176. The van der Waals surface area contributed by atoms with Crippen molar-refractivity contribution in [1.29, 1.82) is 0 Å². The summed E-state index contributed by atoms with van der Waals surface area (Å²) in [7, 11) is 0. The van der Waals surface area contributed by atoms with Gasteiger partial charge in [-0.15, -0.1) is 0 Å². The van der Waals surface area contributed by atoms with E-state index in [0.29, 0.717) is 22.9 Å². The van der Waals surface area contributed by atoms with Gasteiger partial charge in [0, 0.05) is 27.3 Å². The molecule has 1 saturated carbocycles. The third-order valence-electron chi connectivity index (χ3n) is 3.38. The lowest BCUT2D eigenvalue weighted by atomic mass is 10.1. The number of carbonyl (C=O) groups excluding carboxylic acids is 2. The van der Waals surface area contributed by atoms with Crippen LogP contribution >= 0.6 is 15.9 Å². The standard InChI is InChI=1S/C17H15BrN2O2/c18-13-5-1-3-11(9-13)16(21)20-15-6-2-4-12(10-15)17(22)19-14-7-8-14/h1-6,9-10,14H,7-8H2,(H,19,22)(H,20,21). The first-order valence-corrected chi connectivity index (χ1v) is 7.89. The molecule has 2 aromatic rings. The first kappa shape index (κ1) is 14.8. The zero-order valence-corrected chi connectivity index (χ0v) is 13.4. The number of anilines is 1. The van der Waals surface area contributed by atoms with Crippen LogP contribution in [0.4, 0.5) is 5.69 Å². The fourth-order valence-corrected chi connectivity index (χ4v) is 2.47. The van der Waals surface area contributed by atoms with Crippen LogP contribution in [0, 0.1) is 0 Å². The van der Waals surface area contributed by atoms with Crippen LogP contribution in [-0.2, 0) is 0 Å². The quantitative estimate of drug-likeness (QED) is 0.877. The molecule has 1 aliphatic rings. The van der Waals surface area contributed by atoms with Crippen molar-refractivity contribution in [1.82, 2.24) is 5.32 Å². The molecule has 0 heterocycles. The Kier molecular flexibility index (Phi) is 4.24. The topological polar surface area (TPSA) is 58.2 Å². The molecule has 1 fully saturated rings. The highest BCUT2D eigenvalue weighted by atomic mass is 79.9. The number of carbonyl (C=O) groups is 2. The molecule has 0 aromatic heterocycles. The molecule has 1 aliphatic carbocycles. The molecule has 22 heavy (non-hydrogen) atoms. The maximum absolute atomic E-state index is 12.2. The molecule has 3 rings (SSSR count). The second kappa shape index (κ2) is 6.32. The Morgan fingerprint density at radius 1 is 0.955 bits per heavy atom. The predicted octanol–water partition coefficient (Wildman–Crippen LogP) is 3.59. The highest BCUT2D eigenvalue weighted by molar-refractivity contribution is 9.10. The normalized spacial score (nSPS) is 13.5. The molecule has 0 unspecified atom stereocenters. The lowest BCUT2D eigenvalue weighted by Gasteiger charge is -2.08. The van der Waals surface area contributed by atoms with E-state index < -0.39 is 0 Å². The molecule has 4 nitrogen and oxygen atoms in total. The maximum atomic E-state index is 12.2. The van der Waals surface area contributed by atoms with Gasteiger partial charge in [0.15, 0.2) is 0 Å². The van der Waals surface area contributed by atoms with Crippen molar-refractivity contribution in [3.05, 3.63) is 64.1 Å². The summed E-state index contributed by atoms with van der Waals surface area (Å²) in [5, 5.41) is 5.74. The molecule has 0 radical (unpaired) electrons. The molecule has 0 bridgehead atoms. The number of halogens is 1. The van der Waals surface area contributed by atoms with Crippen LogP contribution < -0.4 is 10.6 Å². The van der Waals surface area contributed by atoms with E-state index >= 15 is 0 Å². The van der Waals surface area contributed by atoms with Gasteiger partial charge >= 0.3 is 0 Å². The van der Waals surface area contributed by atoms with E-state index in [1.807, 2.05) is 6.07 Å². The van der Waals surface area contributed by atoms with Gasteiger partial charge in [-0.25, -0.2) is 0 Å². The Hall–Kier alpha value is -2.14. The van der Waals surface area contributed by atoms with Crippen molar-refractivity contribution in [2.75, 3.05) is 5.32 Å². The fourth-order valence-electron chi connectivity index (χ4n) is 2.07. The number of rotatable bonds is 4. The van der Waals surface area contributed by atoms with Crippen LogP contribution in [0.3, 0.4) is 0 Å². The van der Waals surface area contributed by atoms with Crippen LogP contribution in [0.2, 0.25) is 0 Å². The summed E-state index contributed by atoms with van der Waals surface area (Å²) in [4.78, 5) is 24.2. The second-order valence-corrected chi connectivity index (χ2v) is 6.21. The third-order valence-corrected chi connectivity index (χ3v) is 3.88. The third kappa shape index (κ3) is 3.74. The first-order valence-electron chi connectivity index (χ1n) is 7.10. The zero-order valence-electron chi connectivity index (χ0n) is 11.8. The number of hydrogen-bond acceptors (Lipinski definition) is 2. The van der Waals surface area contributed by atoms with Crippen LogP contribution in [0.15, 0.2) is 53.0 Å². The van der Waals surface area contributed by atoms with E-state index in [9.17, 15) is 9.59 Å². The van der Waals surface area contributed by atoms with Gasteiger partial charge in [-0.3, -0.25) is 9.59 Å². The number of amides is 2. The Bertz CT molecular complexity index is 726. The van der Waals surface area contributed by atoms with Crippen molar-refractivity contribution in [2.45, 2.75) is 18.9 Å². The van der Waals surface area contributed by atoms with E-state index in [1.54, 1.807) is 42.5 Å². The van der Waals surface area contributed by atoms with Crippen molar-refractivity contribution in [3.8, 4) is 0 Å². The number of hydrogen-bond donors (Lipinski definition) is 2. The number of nitrogens with one attached hydrogen (secondary N) is 2. The van der Waals surface area contributed by atoms with Gasteiger partial charge in [-0.05, 0) is 49.2 Å². The van der Waals surface area contributed by atoms with Crippen molar-refractivity contribution >= 4 is 33.4 Å². The molecular formula is C17H15BrN2O2. The summed E-state index contributed by atoms with van der Waals surface area (Å²) in [6.07, 6.45) is 2.09. The highest BCUT2D eigenvalue weighted by Gasteiger charge is 2.23. The molecule has 0 aliphatic heterocycles. The van der Waals surface area contributed by atoms with Crippen molar-refractivity contribution in [3.63, 3.8) is 0 Å². The Morgan fingerprint density at radius 3 is 2.32 bits per heavy atom. The molecule has 2 aromatic carbocycles. The monoisotopic (exact) mass is 358 g/mol. The van der Waals surface area contributed by atoms with Gasteiger partial charge in [0.05, 0.1) is 0 Å². The summed E-state index contributed by atoms with van der Waals surface area (Å²) in [5.41, 5.74) is 1.72. The Labute approximate surface area is 137 Å². The average Bonchev–Trinajstić information content (AvgIpc) is 3.31. The second-order valence-electron chi connectivity index (χ2n) is 5.29. The molecule has 0 atom stereocenters. The zero-order chi connectivity index (χ0) is 15.5. The Balaban J connectivity index is 1.72. The van der Waals surface area contributed by atoms with Gasteiger partial charge in [0.1, 0.15) is 0 Å². The first-order chi connectivity index (χ1) is 10.6. The van der Waals surface area contributed by atoms with Crippen LogP contribution in [-0.4, -0.2) is 17.9 Å². The largest absolute Gasteiger partial charge is 0.349 e. The van der Waals surface area contributed by atoms with Crippen LogP contribution in [0.25, 0.3) is 0 Å². The summed E-state index contributed by atoms with van der Waals surface area (Å²) < 4.78 is 0.845. The van der Waals surface area contributed by atoms with E-state index in [1.165, 1.54) is 0 Å². The predicted molar refractivity (Wildman–Crippen MR) is 89.0 cm³/mol. The van der Waals surface area contributed by atoms with Crippen LogP contribution in [0.1, 0.15) is 33.6 Å². The molecular weight excluding hydrogens is 344 g/mol. The average molecular weight is 359 g/mol. The summed E-state index contributed by atoms with van der Waals surface area (Å²) in [6, 6.07) is 14.4. The lowest BCUT2D eigenvalue weighted by Crippen LogP contribution is -2.25. The van der Waals surface area contributed by atoms with Gasteiger partial charge in [-0.2, -0.15) is 0 Å². The molecule has 0 spiro atoms. The number of benzene rings is 2. The summed E-state index contributed by atoms with van der Waals surface area (Å²) in [5.74, 6) is -0.304. The minimum absolute atomic E-state index is 0.0962. The SMILES string of the molecule is O=C(Nc1cccc(C(=O)NC2CC2)c1)c1cccc(Br)c1. The molecule has 2 N–H and O–H groups in total. The van der Waals surface area contributed by atoms with Gasteiger partial charge < -0.3 is 10.6 Å². The van der Waals surface area contributed by atoms with Crippen molar-refractivity contribution < 1.29 is 9.59 Å². The van der Waals surface area contributed by atoms with Gasteiger partial charge in [0.25, 0.3) is 11.8 Å². The lowest BCUT2D eigenvalue weighted by molar-refractivity contribution is 0.0949. The summed E-state index contributed by atoms with van der Waals surface area (Å²) in [6.45, 7) is 0. The van der Waals surface area contributed by atoms with E-state index in [-0.39, 0.29) is 11.8 Å². The maximum Gasteiger partial charge on any atom is 0.255 e. The Morgan fingerprint density at radius 2 is 1.64 bits per heavy atom. The van der Waals surface area contributed by atoms with E-state index in [2.05, 4.69) is 26.6 Å². The molecule has 0 saturated heterocycles. The van der Waals surface area contributed by atoms with E-state index in [4.69, 9.17) is 0 Å². The minimum Gasteiger partial charge on any atom is -0.349 e. The highest BCUT2D eigenvalue weighted by Crippen LogP contribution is 2.20. The van der Waals surface area contributed by atoms with Crippen LogP contribution in [0.5, 0.6) is 0 Å². The molecule has 5 heteroatoms. The smallest absolute Gasteiger partial charge is 0.255 e.